The standard InChI is InChI=1S/C18H23ClFN3O3/c1-12(10-17(24)22-6-8-26-9-7-22)21-16-4-5-23(18(16)25)13-2-3-14(19)15(20)11-13/h2-3,11-12,16,21H,4-10H2,1H3. The predicted octanol–water partition coefficient (Wildman–Crippen LogP) is 1.81. The summed E-state index contributed by atoms with van der Waals surface area (Å²) in [5, 5.41) is 3.27. The Morgan fingerprint density at radius 1 is 1.38 bits per heavy atom. The minimum absolute atomic E-state index is 0.0327. The summed E-state index contributed by atoms with van der Waals surface area (Å²) in [5.41, 5.74) is 0.498. The average molecular weight is 384 g/mol. The first-order valence-electron chi connectivity index (χ1n) is 8.83. The van der Waals surface area contributed by atoms with Crippen molar-refractivity contribution < 1.29 is 18.7 Å². The molecular weight excluding hydrogens is 361 g/mol. The van der Waals surface area contributed by atoms with Crippen LogP contribution in [0.3, 0.4) is 0 Å². The monoisotopic (exact) mass is 383 g/mol. The van der Waals surface area contributed by atoms with E-state index in [-0.39, 0.29) is 28.9 Å². The van der Waals surface area contributed by atoms with E-state index in [1.54, 1.807) is 15.9 Å². The Balaban J connectivity index is 1.54. The fourth-order valence-electron chi connectivity index (χ4n) is 3.35. The van der Waals surface area contributed by atoms with Gasteiger partial charge in [0.1, 0.15) is 5.82 Å². The van der Waals surface area contributed by atoms with Crippen LogP contribution in [0.2, 0.25) is 5.02 Å². The Hall–Kier alpha value is -1.70. The van der Waals surface area contributed by atoms with Crippen LogP contribution in [0.1, 0.15) is 19.8 Å². The van der Waals surface area contributed by atoms with Crippen LogP contribution in [-0.4, -0.2) is 61.6 Å². The van der Waals surface area contributed by atoms with Gasteiger partial charge in [-0.3, -0.25) is 9.59 Å². The Morgan fingerprint density at radius 2 is 2.12 bits per heavy atom. The first kappa shape index (κ1) is 19.1. The summed E-state index contributed by atoms with van der Waals surface area (Å²) in [5.74, 6) is -0.592. The summed E-state index contributed by atoms with van der Waals surface area (Å²) in [4.78, 5) is 28.3. The summed E-state index contributed by atoms with van der Waals surface area (Å²) in [7, 11) is 0. The highest BCUT2D eigenvalue weighted by molar-refractivity contribution is 6.30. The van der Waals surface area contributed by atoms with Gasteiger partial charge in [0.2, 0.25) is 11.8 Å². The normalized spacial score (nSPS) is 22.0. The van der Waals surface area contributed by atoms with Crippen molar-refractivity contribution in [1.82, 2.24) is 10.2 Å². The molecule has 2 unspecified atom stereocenters. The first-order valence-corrected chi connectivity index (χ1v) is 9.21. The summed E-state index contributed by atoms with van der Waals surface area (Å²) >= 11 is 5.70. The molecular formula is C18H23ClFN3O3. The molecule has 2 fully saturated rings. The number of amides is 2. The number of rotatable bonds is 5. The molecule has 6 nitrogen and oxygen atoms in total. The lowest BCUT2D eigenvalue weighted by atomic mass is 10.1. The van der Waals surface area contributed by atoms with Gasteiger partial charge in [-0.05, 0) is 31.5 Å². The maximum atomic E-state index is 13.7. The third-order valence-corrected chi connectivity index (χ3v) is 5.06. The highest BCUT2D eigenvalue weighted by Gasteiger charge is 2.34. The van der Waals surface area contributed by atoms with Gasteiger partial charge in [0.15, 0.2) is 0 Å². The molecule has 1 aromatic rings. The number of hydrogen-bond donors (Lipinski definition) is 1. The van der Waals surface area contributed by atoms with Crippen LogP contribution in [0.5, 0.6) is 0 Å². The van der Waals surface area contributed by atoms with E-state index in [1.165, 1.54) is 12.1 Å². The zero-order valence-corrected chi connectivity index (χ0v) is 15.5. The molecule has 0 saturated carbocycles. The zero-order valence-electron chi connectivity index (χ0n) is 14.7. The Labute approximate surface area is 157 Å². The van der Waals surface area contributed by atoms with E-state index in [0.717, 1.165) is 0 Å². The minimum Gasteiger partial charge on any atom is -0.378 e. The summed E-state index contributed by atoms with van der Waals surface area (Å²) in [6.07, 6.45) is 0.943. The molecule has 1 aromatic carbocycles. The summed E-state index contributed by atoms with van der Waals surface area (Å²) in [6.45, 7) is 4.77. The van der Waals surface area contributed by atoms with Crippen molar-refractivity contribution in [2.45, 2.75) is 31.8 Å². The van der Waals surface area contributed by atoms with Crippen molar-refractivity contribution in [3.8, 4) is 0 Å². The van der Waals surface area contributed by atoms with Gasteiger partial charge < -0.3 is 19.9 Å². The number of morpholine rings is 1. The number of nitrogens with one attached hydrogen (secondary N) is 1. The molecule has 0 spiro atoms. The lowest BCUT2D eigenvalue weighted by Gasteiger charge is -2.28. The second-order valence-electron chi connectivity index (χ2n) is 6.69. The van der Waals surface area contributed by atoms with Crippen LogP contribution in [-0.2, 0) is 14.3 Å². The fourth-order valence-corrected chi connectivity index (χ4v) is 3.47. The van der Waals surface area contributed by atoms with Gasteiger partial charge in [-0.15, -0.1) is 0 Å². The lowest BCUT2D eigenvalue weighted by molar-refractivity contribution is -0.136. The quantitative estimate of drug-likeness (QED) is 0.842. The molecule has 8 heteroatoms. The van der Waals surface area contributed by atoms with E-state index in [1.807, 2.05) is 6.92 Å². The maximum absolute atomic E-state index is 13.7. The Morgan fingerprint density at radius 3 is 2.81 bits per heavy atom. The maximum Gasteiger partial charge on any atom is 0.244 e. The Kier molecular flexibility index (Phi) is 6.11. The van der Waals surface area contributed by atoms with Crippen molar-refractivity contribution in [3.63, 3.8) is 0 Å². The van der Waals surface area contributed by atoms with Crippen molar-refractivity contribution in [2.24, 2.45) is 0 Å². The lowest BCUT2D eigenvalue weighted by Crippen LogP contribution is -2.46. The first-order chi connectivity index (χ1) is 12.5. The number of benzene rings is 1. The predicted molar refractivity (Wildman–Crippen MR) is 96.8 cm³/mol. The average Bonchev–Trinajstić information content (AvgIpc) is 2.98. The number of carbonyl (C=O) groups excluding carboxylic acids is 2. The van der Waals surface area contributed by atoms with E-state index in [4.69, 9.17) is 16.3 Å². The molecule has 2 aliphatic rings. The zero-order chi connectivity index (χ0) is 18.7. The molecule has 26 heavy (non-hydrogen) atoms. The van der Waals surface area contributed by atoms with Crippen molar-refractivity contribution in [1.29, 1.82) is 0 Å². The second kappa shape index (κ2) is 8.33. The molecule has 0 aromatic heterocycles. The number of hydrogen-bond acceptors (Lipinski definition) is 4. The molecule has 0 aliphatic carbocycles. The number of halogens is 2. The van der Waals surface area contributed by atoms with E-state index in [0.29, 0.717) is 51.4 Å². The smallest absolute Gasteiger partial charge is 0.244 e. The van der Waals surface area contributed by atoms with Crippen LogP contribution in [0.4, 0.5) is 10.1 Å². The molecule has 2 heterocycles. The topological polar surface area (TPSA) is 61.9 Å². The number of carbonyl (C=O) groups is 2. The van der Waals surface area contributed by atoms with Gasteiger partial charge in [0.25, 0.3) is 0 Å². The van der Waals surface area contributed by atoms with Crippen LogP contribution in [0.25, 0.3) is 0 Å². The van der Waals surface area contributed by atoms with Gasteiger partial charge in [-0.25, -0.2) is 4.39 Å². The third-order valence-electron chi connectivity index (χ3n) is 4.75. The molecule has 2 aliphatic heterocycles. The van der Waals surface area contributed by atoms with Crippen LogP contribution in [0.15, 0.2) is 18.2 Å². The minimum atomic E-state index is -0.544. The summed E-state index contributed by atoms with van der Waals surface area (Å²) < 4.78 is 18.9. The van der Waals surface area contributed by atoms with Crippen molar-refractivity contribution in [2.75, 3.05) is 37.7 Å². The molecule has 2 amide bonds. The number of nitrogens with zero attached hydrogens (tertiary/aromatic N) is 2. The van der Waals surface area contributed by atoms with Gasteiger partial charge in [-0.2, -0.15) is 0 Å². The molecule has 0 bridgehead atoms. The van der Waals surface area contributed by atoms with Crippen LogP contribution >= 0.6 is 11.6 Å². The number of anilines is 1. The SMILES string of the molecule is CC(CC(=O)N1CCOCC1)NC1CCN(c2ccc(Cl)c(F)c2)C1=O. The van der Waals surface area contributed by atoms with Gasteiger partial charge in [-0.1, -0.05) is 11.6 Å². The highest BCUT2D eigenvalue weighted by Crippen LogP contribution is 2.26. The van der Waals surface area contributed by atoms with Gasteiger partial charge in [0.05, 0.1) is 24.3 Å². The van der Waals surface area contributed by atoms with E-state index in [9.17, 15) is 14.0 Å². The van der Waals surface area contributed by atoms with E-state index in [2.05, 4.69) is 5.32 Å². The fraction of sp³-hybridized carbons (Fsp3) is 0.556. The number of ether oxygens (including phenoxy) is 1. The van der Waals surface area contributed by atoms with E-state index >= 15 is 0 Å². The molecule has 2 saturated heterocycles. The van der Waals surface area contributed by atoms with Crippen molar-refractivity contribution >= 4 is 29.1 Å². The van der Waals surface area contributed by atoms with Crippen LogP contribution in [0, 0.1) is 5.82 Å². The molecule has 1 N–H and O–H groups in total. The largest absolute Gasteiger partial charge is 0.378 e. The molecule has 0 radical (unpaired) electrons. The summed E-state index contributed by atoms with van der Waals surface area (Å²) in [6, 6.07) is 3.86. The van der Waals surface area contributed by atoms with Crippen LogP contribution < -0.4 is 10.2 Å². The van der Waals surface area contributed by atoms with Gasteiger partial charge >= 0.3 is 0 Å². The third kappa shape index (κ3) is 4.34. The molecule has 2 atom stereocenters. The highest BCUT2D eigenvalue weighted by atomic mass is 35.5. The van der Waals surface area contributed by atoms with Crippen molar-refractivity contribution in [3.05, 3.63) is 29.0 Å². The Bertz CT molecular complexity index is 682. The molecule has 3 rings (SSSR count). The second-order valence-corrected chi connectivity index (χ2v) is 7.10. The van der Waals surface area contributed by atoms with E-state index < -0.39 is 5.82 Å². The van der Waals surface area contributed by atoms with Gasteiger partial charge in [0, 0.05) is 37.8 Å². The molecule has 142 valence electrons.